The van der Waals surface area contributed by atoms with Crippen LogP contribution in [-0.2, 0) is 12.8 Å². The molecule has 0 saturated heterocycles. The van der Waals surface area contributed by atoms with Crippen molar-refractivity contribution in [3.63, 3.8) is 0 Å². The number of hydrogen-bond acceptors (Lipinski definition) is 4. The summed E-state index contributed by atoms with van der Waals surface area (Å²) in [6.07, 6.45) is 1.24. The van der Waals surface area contributed by atoms with Gasteiger partial charge in [-0.1, -0.05) is 41.0 Å². The number of ether oxygens (including phenoxy) is 1. The molecule has 0 bridgehead atoms. The van der Waals surface area contributed by atoms with Crippen molar-refractivity contribution in [1.82, 2.24) is 10.1 Å². The van der Waals surface area contributed by atoms with Crippen LogP contribution < -0.4 is 4.74 Å². The van der Waals surface area contributed by atoms with E-state index in [0.29, 0.717) is 24.6 Å². The SMILES string of the molecule is COc1ccc(Cc2noc(Cc3ccc(Cl)cc3)n2)cc1. The van der Waals surface area contributed by atoms with E-state index in [1.807, 2.05) is 48.5 Å². The number of rotatable bonds is 5. The first-order valence-electron chi connectivity index (χ1n) is 6.92. The van der Waals surface area contributed by atoms with E-state index in [9.17, 15) is 0 Å². The van der Waals surface area contributed by atoms with Crippen molar-refractivity contribution in [3.05, 3.63) is 76.4 Å². The lowest BCUT2D eigenvalue weighted by Gasteiger charge is -2.00. The quantitative estimate of drug-likeness (QED) is 0.716. The van der Waals surface area contributed by atoms with E-state index >= 15 is 0 Å². The highest BCUT2D eigenvalue weighted by atomic mass is 35.5. The second-order valence-electron chi connectivity index (χ2n) is 4.93. The third-order valence-corrected chi connectivity index (χ3v) is 3.55. The van der Waals surface area contributed by atoms with E-state index < -0.39 is 0 Å². The van der Waals surface area contributed by atoms with Crippen molar-refractivity contribution < 1.29 is 9.26 Å². The summed E-state index contributed by atoms with van der Waals surface area (Å²) in [7, 11) is 1.65. The Morgan fingerprint density at radius 2 is 1.59 bits per heavy atom. The number of nitrogens with zero attached hydrogens (tertiary/aromatic N) is 2. The maximum Gasteiger partial charge on any atom is 0.231 e. The Labute approximate surface area is 133 Å². The number of aromatic nitrogens is 2. The molecule has 2 aromatic carbocycles. The van der Waals surface area contributed by atoms with Gasteiger partial charge < -0.3 is 9.26 Å². The smallest absolute Gasteiger partial charge is 0.231 e. The maximum atomic E-state index is 5.87. The van der Waals surface area contributed by atoms with Crippen molar-refractivity contribution in [2.75, 3.05) is 7.11 Å². The molecule has 5 heteroatoms. The molecular formula is C17H15ClN2O2. The normalized spacial score (nSPS) is 10.6. The average Bonchev–Trinajstić information content (AvgIpc) is 2.97. The Hall–Kier alpha value is -2.33. The molecule has 22 heavy (non-hydrogen) atoms. The predicted molar refractivity (Wildman–Crippen MR) is 84.4 cm³/mol. The summed E-state index contributed by atoms with van der Waals surface area (Å²) in [6.45, 7) is 0. The Kier molecular flexibility index (Phi) is 4.39. The zero-order chi connectivity index (χ0) is 15.4. The fraction of sp³-hybridized carbons (Fsp3) is 0.176. The molecule has 4 nitrogen and oxygen atoms in total. The van der Waals surface area contributed by atoms with E-state index in [1.165, 1.54) is 0 Å². The van der Waals surface area contributed by atoms with Gasteiger partial charge in [0.05, 0.1) is 13.5 Å². The molecule has 3 aromatic rings. The Morgan fingerprint density at radius 1 is 0.955 bits per heavy atom. The number of halogens is 1. The molecule has 0 aliphatic rings. The van der Waals surface area contributed by atoms with E-state index in [-0.39, 0.29) is 0 Å². The van der Waals surface area contributed by atoms with Gasteiger partial charge >= 0.3 is 0 Å². The molecule has 0 aliphatic carbocycles. The van der Waals surface area contributed by atoms with Crippen molar-refractivity contribution in [1.29, 1.82) is 0 Å². The molecule has 1 aromatic heterocycles. The van der Waals surface area contributed by atoms with Crippen molar-refractivity contribution in [3.8, 4) is 5.75 Å². The van der Waals surface area contributed by atoms with Crippen molar-refractivity contribution in [2.45, 2.75) is 12.8 Å². The largest absolute Gasteiger partial charge is 0.497 e. The topological polar surface area (TPSA) is 48.2 Å². The van der Waals surface area contributed by atoms with Gasteiger partial charge in [-0.15, -0.1) is 0 Å². The van der Waals surface area contributed by atoms with Crippen LogP contribution in [0.1, 0.15) is 22.8 Å². The Morgan fingerprint density at radius 3 is 2.27 bits per heavy atom. The summed E-state index contributed by atoms with van der Waals surface area (Å²) in [6, 6.07) is 15.4. The lowest BCUT2D eigenvalue weighted by molar-refractivity contribution is 0.380. The summed E-state index contributed by atoms with van der Waals surface area (Å²) in [5.41, 5.74) is 2.20. The molecule has 0 atom stereocenters. The molecule has 0 fully saturated rings. The standard InChI is InChI=1S/C17H15ClN2O2/c1-21-15-8-4-12(5-9-15)10-16-19-17(22-20-16)11-13-2-6-14(18)7-3-13/h2-9H,10-11H2,1H3. The second kappa shape index (κ2) is 6.62. The first-order chi connectivity index (χ1) is 10.7. The average molecular weight is 315 g/mol. The monoisotopic (exact) mass is 314 g/mol. The minimum absolute atomic E-state index is 0.603. The van der Waals surface area contributed by atoms with E-state index in [4.69, 9.17) is 20.9 Å². The lowest BCUT2D eigenvalue weighted by Crippen LogP contribution is -1.93. The van der Waals surface area contributed by atoms with Crippen LogP contribution in [0, 0.1) is 0 Å². The van der Waals surface area contributed by atoms with Gasteiger partial charge in [0.2, 0.25) is 5.89 Å². The highest BCUT2D eigenvalue weighted by molar-refractivity contribution is 6.30. The third-order valence-electron chi connectivity index (χ3n) is 3.30. The van der Waals surface area contributed by atoms with Gasteiger partial charge in [0.1, 0.15) is 5.75 Å². The molecule has 0 N–H and O–H groups in total. The Bertz CT molecular complexity index is 736. The van der Waals surface area contributed by atoms with E-state index in [1.54, 1.807) is 7.11 Å². The van der Waals surface area contributed by atoms with Crippen molar-refractivity contribution in [2.24, 2.45) is 0 Å². The highest BCUT2D eigenvalue weighted by Crippen LogP contribution is 2.15. The number of hydrogen-bond donors (Lipinski definition) is 0. The molecule has 1 heterocycles. The highest BCUT2D eigenvalue weighted by Gasteiger charge is 2.08. The number of methoxy groups -OCH3 is 1. The van der Waals surface area contributed by atoms with Crippen LogP contribution in [0.4, 0.5) is 0 Å². The van der Waals surface area contributed by atoms with E-state index in [2.05, 4.69) is 10.1 Å². The molecule has 0 amide bonds. The van der Waals surface area contributed by atoms with Gasteiger partial charge in [-0.25, -0.2) is 0 Å². The number of benzene rings is 2. The fourth-order valence-corrected chi connectivity index (χ4v) is 2.26. The first kappa shape index (κ1) is 14.6. The summed E-state index contributed by atoms with van der Waals surface area (Å²) in [4.78, 5) is 4.42. The summed E-state index contributed by atoms with van der Waals surface area (Å²) >= 11 is 5.87. The second-order valence-corrected chi connectivity index (χ2v) is 5.37. The van der Waals surface area contributed by atoms with Gasteiger partial charge in [0.25, 0.3) is 0 Å². The van der Waals surface area contributed by atoms with E-state index in [0.717, 1.165) is 21.9 Å². The zero-order valence-electron chi connectivity index (χ0n) is 12.1. The van der Waals surface area contributed by atoms with Crippen LogP contribution in [0.25, 0.3) is 0 Å². The van der Waals surface area contributed by atoms with Gasteiger partial charge in [-0.3, -0.25) is 0 Å². The first-order valence-corrected chi connectivity index (χ1v) is 7.29. The molecule has 0 saturated carbocycles. The van der Waals surface area contributed by atoms with Crippen LogP contribution in [0.5, 0.6) is 5.75 Å². The van der Waals surface area contributed by atoms with Gasteiger partial charge in [-0.2, -0.15) is 4.98 Å². The zero-order valence-corrected chi connectivity index (χ0v) is 12.9. The summed E-state index contributed by atoms with van der Waals surface area (Å²) in [5, 5.41) is 4.74. The van der Waals surface area contributed by atoms with Crippen LogP contribution in [0.3, 0.4) is 0 Å². The third kappa shape index (κ3) is 3.65. The van der Waals surface area contributed by atoms with Crippen molar-refractivity contribution >= 4 is 11.6 Å². The minimum atomic E-state index is 0.603. The van der Waals surface area contributed by atoms with Gasteiger partial charge in [0.15, 0.2) is 5.82 Å². The Balaban J connectivity index is 1.66. The molecular weight excluding hydrogens is 300 g/mol. The van der Waals surface area contributed by atoms with Crippen LogP contribution in [0.15, 0.2) is 53.1 Å². The fourth-order valence-electron chi connectivity index (χ4n) is 2.14. The molecule has 3 rings (SSSR count). The maximum absolute atomic E-state index is 5.87. The van der Waals surface area contributed by atoms with Gasteiger partial charge in [-0.05, 0) is 35.4 Å². The lowest BCUT2D eigenvalue weighted by atomic mass is 10.1. The molecule has 0 aliphatic heterocycles. The van der Waals surface area contributed by atoms with Gasteiger partial charge in [0, 0.05) is 11.4 Å². The molecule has 0 spiro atoms. The summed E-state index contributed by atoms with van der Waals surface area (Å²) < 4.78 is 10.4. The predicted octanol–water partition coefficient (Wildman–Crippen LogP) is 3.91. The molecule has 0 radical (unpaired) electrons. The van der Waals surface area contributed by atoms with Crippen LogP contribution in [0.2, 0.25) is 5.02 Å². The molecule has 112 valence electrons. The molecule has 0 unspecified atom stereocenters. The minimum Gasteiger partial charge on any atom is -0.497 e. The van der Waals surface area contributed by atoms with Crippen LogP contribution >= 0.6 is 11.6 Å². The summed E-state index contributed by atoms with van der Waals surface area (Å²) in [5.74, 6) is 2.11. The van der Waals surface area contributed by atoms with Crippen LogP contribution in [-0.4, -0.2) is 17.3 Å².